The van der Waals surface area contributed by atoms with Crippen LogP contribution in [0.5, 0.6) is 5.75 Å². The first kappa shape index (κ1) is 18.6. The van der Waals surface area contributed by atoms with Gasteiger partial charge in [-0.25, -0.2) is 12.7 Å². The van der Waals surface area contributed by atoms with Crippen molar-refractivity contribution in [3.63, 3.8) is 0 Å². The maximum atomic E-state index is 12.7. The summed E-state index contributed by atoms with van der Waals surface area (Å²) in [6, 6.07) is 3.02. The summed E-state index contributed by atoms with van der Waals surface area (Å²) in [7, 11) is -0.665. The van der Waals surface area contributed by atoms with Gasteiger partial charge in [0.2, 0.25) is 10.0 Å². The van der Waals surface area contributed by atoms with Gasteiger partial charge in [-0.05, 0) is 18.6 Å². The van der Waals surface area contributed by atoms with Crippen molar-refractivity contribution < 1.29 is 13.2 Å². The van der Waals surface area contributed by atoms with E-state index in [1.165, 1.54) is 17.5 Å². The van der Waals surface area contributed by atoms with Crippen LogP contribution in [-0.4, -0.2) is 33.4 Å². The van der Waals surface area contributed by atoms with Crippen LogP contribution in [0.4, 0.5) is 0 Å². The molecule has 0 saturated carbocycles. The molecule has 0 bridgehead atoms. The average molecular weight is 354 g/mol. The summed E-state index contributed by atoms with van der Waals surface area (Å²) in [6.07, 6.45) is 2.84. The predicted molar refractivity (Wildman–Crippen MR) is 86.9 cm³/mol. The molecule has 0 spiro atoms. The molecule has 0 aliphatic rings. The highest BCUT2D eigenvalue weighted by Crippen LogP contribution is 2.34. The highest BCUT2D eigenvalue weighted by molar-refractivity contribution is 7.89. The third-order valence-electron chi connectivity index (χ3n) is 3.21. The van der Waals surface area contributed by atoms with Crippen molar-refractivity contribution in [2.75, 3.05) is 20.7 Å². The van der Waals surface area contributed by atoms with E-state index in [1.807, 2.05) is 0 Å². The van der Waals surface area contributed by atoms with Gasteiger partial charge >= 0.3 is 0 Å². The Morgan fingerprint density at radius 1 is 1.29 bits per heavy atom. The number of hydrogen-bond acceptors (Lipinski definition) is 3. The summed E-state index contributed by atoms with van der Waals surface area (Å²) in [6.45, 7) is 2.53. The zero-order chi connectivity index (χ0) is 16.0. The van der Waals surface area contributed by atoms with Crippen molar-refractivity contribution in [3.05, 3.63) is 22.7 Å². The van der Waals surface area contributed by atoms with Crippen LogP contribution < -0.4 is 4.74 Å². The molecule has 0 saturated heterocycles. The lowest BCUT2D eigenvalue weighted by atomic mass is 10.2. The number of benzene rings is 1. The van der Waals surface area contributed by atoms with Crippen LogP contribution in [0.2, 0.25) is 5.02 Å². The van der Waals surface area contributed by atoms with Crippen LogP contribution in [0, 0.1) is 0 Å². The summed E-state index contributed by atoms with van der Waals surface area (Å²) in [5.41, 5.74) is 0.562. The Morgan fingerprint density at radius 2 is 1.95 bits per heavy atom. The van der Waals surface area contributed by atoms with E-state index in [1.54, 1.807) is 13.1 Å². The van der Waals surface area contributed by atoms with Crippen LogP contribution in [0.15, 0.2) is 17.0 Å². The van der Waals surface area contributed by atoms with E-state index in [-0.39, 0.29) is 16.5 Å². The number of nitrogens with zero attached hydrogens (tertiary/aromatic N) is 1. The fraction of sp³-hybridized carbons (Fsp3) is 0.571. The molecule has 1 aromatic carbocycles. The van der Waals surface area contributed by atoms with Gasteiger partial charge in [0.1, 0.15) is 10.6 Å². The molecular weight excluding hydrogens is 333 g/mol. The zero-order valence-corrected chi connectivity index (χ0v) is 14.9. The van der Waals surface area contributed by atoms with E-state index in [4.69, 9.17) is 27.9 Å². The van der Waals surface area contributed by atoms with Crippen molar-refractivity contribution >= 4 is 33.2 Å². The summed E-state index contributed by atoms with van der Waals surface area (Å²) < 4.78 is 31.9. The van der Waals surface area contributed by atoms with E-state index in [9.17, 15) is 8.42 Å². The zero-order valence-electron chi connectivity index (χ0n) is 12.5. The number of rotatable bonds is 8. The van der Waals surface area contributed by atoms with Crippen LogP contribution in [-0.2, 0) is 15.9 Å². The average Bonchev–Trinajstić information content (AvgIpc) is 2.46. The fourth-order valence-electron chi connectivity index (χ4n) is 2.02. The summed E-state index contributed by atoms with van der Waals surface area (Å²) in [4.78, 5) is 0.0622. The second kappa shape index (κ2) is 8.22. The molecule has 0 amide bonds. The van der Waals surface area contributed by atoms with Gasteiger partial charge < -0.3 is 4.74 Å². The maximum absolute atomic E-state index is 12.7. The monoisotopic (exact) mass is 353 g/mol. The largest absolute Gasteiger partial charge is 0.495 e. The molecule has 0 heterocycles. The minimum atomic E-state index is -3.65. The Balaban J connectivity index is 3.21. The molecule has 1 rings (SSSR count). The quantitative estimate of drug-likeness (QED) is 0.525. The number of unbranched alkanes of at least 4 members (excludes halogenated alkanes) is 2. The van der Waals surface area contributed by atoms with E-state index in [0.717, 1.165) is 19.3 Å². The minimum Gasteiger partial charge on any atom is -0.495 e. The van der Waals surface area contributed by atoms with E-state index < -0.39 is 10.0 Å². The molecule has 0 fully saturated rings. The van der Waals surface area contributed by atoms with E-state index >= 15 is 0 Å². The van der Waals surface area contributed by atoms with Crippen molar-refractivity contribution in [1.29, 1.82) is 0 Å². The number of methoxy groups -OCH3 is 1. The number of alkyl halides is 1. The molecule has 0 atom stereocenters. The van der Waals surface area contributed by atoms with Gasteiger partial charge in [0, 0.05) is 24.2 Å². The molecule has 7 heteroatoms. The van der Waals surface area contributed by atoms with Gasteiger partial charge in [0.05, 0.1) is 13.0 Å². The summed E-state index contributed by atoms with van der Waals surface area (Å²) in [5.74, 6) is 0.392. The molecule has 0 unspecified atom stereocenters. The molecule has 0 radical (unpaired) electrons. The number of hydrogen-bond donors (Lipinski definition) is 0. The molecule has 0 N–H and O–H groups in total. The normalized spacial score (nSPS) is 11.9. The van der Waals surface area contributed by atoms with Gasteiger partial charge in [0.25, 0.3) is 0 Å². The summed E-state index contributed by atoms with van der Waals surface area (Å²) in [5, 5.41) is 0.326. The third kappa shape index (κ3) is 4.49. The number of sulfonamides is 1. The number of ether oxygens (including phenoxy) is 1. The lowest BCUT2D eigenvalue weighted by molar-refractivity contribution is 0.393. The Bertz CT molecular complexity index is 576. The van der Waals surface area contributed by atoms with Crippen molar-refractivity contribution in [1.82, 2.24) is 4.31 Å². The topological polar surface area (TPSA) is 46.6 Å². The van der Waals surface area contributed by atoms with Crippen molar-refractivity contribution in [3.8, 4) is 5.75 Å². The van der Waals surface area contributed by atoms with Crippen molar-refractivity contribution in [2.24, 2.45) is 0 Å². The SMILES string of the molecule is CCCCCN(C)S(=O)(=O)c1cc(Cl)cc(CCl)c1OC. The maximum Gasteiger partial charge on any atom is 0.246 e. The molecule has 0 aromatic heterocycles. The molecule has 21 heavy (non-hydrogen) atoms. The van der Waals surface area contributed by atoms with Crippen molar-refractivity contribution in [2.45, 2.75) is 37.0 Å². The Morgan fingerprint density at radius 3 is 2.48 bits per heavy atom. The molecular formula is C14H21Cl2NO3S. The van der Waals surface area contributed by atoms with Gasteiger partial charge in [0.15, 0.2) is 0 Å². The number of halogens is 2. The predicted octanol–water partition coefficient (Wildman–Crippen LogP) is 3.90. The fourth-order valence-corrected chi connectivity index (χ4v) is 3.95. The van der Waals surface area contributed by atoms with Gasteiger partial charge in [-0.2, -0.15) is 0 Å². The van der Waals surface area contributed by atoms with Crippen LogP contribution in [0.1, 0.15) is 31.7 Å². The molecule has 0 aliphatic carbocycles. The Kier molecular flexibility index (Phi) is 7.27. The molecule has 0 aliphatic heterocycles. The first-order valence-electron chi connectivity index (χ1n) is 6.77. The second-order valence-corrected chi connectivity index (χ2v) is 7.48. The van der Waals surface area contributed by atoms with Gasteiger partial charge in [-0.3, -0.25) is 0 Å². The molecule has 120 valence electrons. The smallest absolute Gasteiger partial charge is 0.246 e. The minimum absolute atomic E-state index is 0.0622. The molecule has 1 aromatic rings. The van der Waals surface area contributed by atoms with E-state index in [0.29, 0.717) is 17.1 Å². The van der Waals surface area contributed by atoms with E-state index in [2.05, 4.69) is 6.92 Å². The first-order chi connectivity index (χ1) is 9.88. The standard InChI is InChI=1S/C14H21Cl2NO3S/c1-4-5-6-7-17(2)21(18,19)13-9-12(16)8-11(10-15)14(13)20-3/h8-9H,4-7,10H2,1-3H3. The van der Waals surface area contributed by atoms with Crippen LogP contribution in [0.25, 0.3) is 0 Å². The Hall–Kier alpha value is -0.490. The third-order valence-corrected chi connectivity index (χ3v) is 5.58. The second-order valence-electron chi connectivity index (χ2n) is 4.76. The lowest BCUT2D eigenvalue weighted by Gasteiger charge is -2.20. The van der Waals surface area contributed by atoms with Gasteiger partial charge in [-0.1, -0.05) is 31.4 Å². The molecule has 4 nitrogen and oxygen atoms in total. The van der Waals surface area contributed by atoms with Crippen LogP contribution >= 0.6 is 23.2 Å². The van der Waals surface area contributed by atoms with Gasteiger partial charge in [-0.15, -0.1) is 11.6 Å². The highest BCUT2D eigenvalue weighted by Gasteiger charge is 2.26. The Labute approximate surface area is 137 Å². The summed E-state index contributed by atoms with van der Waals surface area (Å²) >= 11 is 11.8. The van der Waals surface area contributed by atoms with Crippen LogP contribution in [0.3, 0.4) is 0 Å². The lowest BCUT2D eigenvalue weighted by Crippen LogP contribution is -2.28. The first-order valence-corrected chi connectivity index (χ1v) is 9.12. The highest BCUT2D eigenvalue weighted by atomic mass is 35.5.